The van der Waals surface area contributed by atoms with Gasteiger partial charge in [-0.25, -0.2) is 4.98 Å². The van der Waals surface area contributed by atoms with Gasteiger partial charge >= 0.3 is 0 Å². The fraction of sp³-hybridized carbons (Fsp3) is 0. The largest absolute Gasteiger partial charge is 0.309 e. The van der Waals surface area contributed by atoms with E-state index in [0.29, 0.717) is 0 Å². The first-order valence-corrected chi connectivity index (χ1v) is 18.9. The summed E-state index contributed by atoms with van der Waals surface area (Å²) in [4.78, 5) is 5.02. The van der Waals surface area contributed by atoms with Gasteiger partial charge in [0.05, 0.1) is 16.6 Å². The van der Waals surface area contributed by atoms with Gasteiger partial charge in [-0.2, -0.15) is 0 Å². The molecular weight excluding hydrogens is 640 g/mol. The van der Waals surface area contributed by atoms with Crippen molar-refractivity contribution in [3.05, 3.63) is 188 Å². The van der Waals surface area contributed by atoms with Crippen molar-refractivity contribution in [2.45, 2.75) is 0 Å². The van der Waals surface area contributed by atoms with E-state index in [4.69, 9.17) is 4.98 Å². The minimum atomic E-state index is -3.04. The molecule has 0 fully saturated rings. The lowest BCUT2D eigenvalue weighted by Gasteiger charge is -2.20. The summed E-state index contributed by atoms with van der Waals surface area (Å²) in [5.74, 6) is 0. The Hall–Kier alpha value is -6.28. The van der Waals surface area contributed by atoms with E-state index in [1.165, 1.54) is 21.9 Å². The zero-order valence-electron chi connectivity index (χ0n) is 27.6. The predicted octanol–water partition coefficient (Wildman–Crippen LogP) is 10.9. The van der Waals surface area contributed by atoms with Gasteiger partial charge in [-0.05, 0) is 74.8 Å². The van der Waals surface area contributed by atoms with Crippen LogP contribution in [0.15, 0.2) is 188 Å². The fourth-order valence-electron chi connectivity index (χ4n) is 7.68. The molecule has 0 saturated heterocycles. The van der Waals surface area contributed by atoms with Crippen LogP contribution in [0.2, 0.25) is 0 Å². The monoisotopic (exact) mass is 670 g/mol. The molecule has 0 N–H and O–H groups in total. The van der Waals surface area contributed by atoms with Crippen molar-refractivity contribution in [3.63, 3.8) is 0 Å². The molecule has 2 aromatic heterocycles. The van der Waals surface area contributed by atoms with Crippen molar-refractivity contribution in [1.29, 1.82) is 0 Å². The first kappa shape index (κ1) is 29.6. The Kier molecular flexibility index (Phi) is 6.77. The molecule has 0 atom stereocenters. The maximum atomic E-state index is 14.9. The van der Waals surface area contributed by atoms with Crippen LogP contribution in [0.1, 0.15) is 0 Å². The van der Waals surface area contributed by atoms with E-state index in [2.05, 4.69) is 120 Å². The van der Waals surface area contributed by atoms with E-state index in [-0.39, 0.29) is 0 Å². The molecule has 0 aliphatic rings. The van der Waals surface area contributed by atoms with Crippen LogP contribution in [0.25, 0.3) is 71.4 Å². The lowest BCUT2D eigenvalue weighted by Crippen LogP contribution is -2.24. The van der Waals surface area contributed by atoms with Crippen LogP contribution in [-0.2, 0) is 4.57 Å². The van der Waals surface area contributed by atoms with Gasteiger partial charge in [-0.3, -0.25) is 4.40 Å². The van der Waals surface area contributed by atoms with E-state index in [1.807, 2.05) is 72.8 Å². The van der Waals surface area contributed by atoms with Crippen molar-refractivity contribution < 1.29 is 4.57 Å². The highest BCUT2D eigenvalue weighted by Gasteiger charge is 2.29. The second kappa shape index (κ2) is 11.7. The van der Waals surface area contributed by atoms with Gasteiger partial charge in [0.1, 0.15) is 5.65 Å². The molecule has 10 rings (SSSR count). The van der Waals surface area contributed by atoms with Crippen molar-refractivity contribution in [1.82, 2.24) is 9.38 Å². The van der Waals surface area contributed by atoms with Crippen LogP contribution in [0.5, 0.6) is 0 Å². The van der Waals surface area contributed by atoms with Gasteiger partial charge in [-0.15, -0.1) is 0 Å². The zero-order chi connectivity index (χ0) is 33.9. The molecule has 0 amide bonds. The first-order valence-electron chi connectivity index (χ1n) is 17.2. The topological polar surface area (TPSA) is 34.4 Å². The first-order chi connectivity index (χ1) is 25.1. The van der Waals surface area contributed by atoms with E-state index < -0.39 is 7.14 Å². The number of rotatable bonds is 5. The van der Waals surface area contributed by atoms with Gasteiger partial charge < -0.3 is 4.57 Å². The van der Waals surface area contributed by atoms with E-state index in [9.17, 15) is 4.57 Å². The molecule has 0 saturated carbocycles. The highest BCUT2D eigenvalue weighted by atomic mass is 31.2. The SMILES string of the molecule is O=P(c1ccccc1)(c1ccccc1)c1ccc2cc(-c3ccc(-c4ccc5c(c4)c4ccccc4c4nc6ccccc6n54)cc3)ccc2c1. The molecule has 0 aliphatic carbocycles. The molecule has 0 bridgehead atoms. The number of fused-ring (bicyclic) bond motifs is 9. The van der Waals surface area contributed by atoms with Crippen molar-refractivity contribution in [3.8, 4) is 22.3 Å². The third-order valence-corrected chi connectivity index (χ3v) is 13.3. The van der Waals surface area contributed by atoms with Crippen LogP contribution in [-0.4, -0.2) is 9.38 Å². The zero-order valence-corrected chi connectivity index (χ0v) is 28.5. The van der Waals surface area contributed by atoms with E-state index in [1.54, 1.807) is 0 Å². The number of nitrogens with zero attached hydrogens (tertiary/aromatic N) is 2. The van der Waals surface area contributed by atoms with Crippen LogP contribution in [0.3, 0.4) is 0 Å². The third-order valence-electron chi connectivity index (χ3n) is 10.2. The number of benzene rings is 8. The van der Waals surface area contributed by atoms with Gasteiger partial charge in [0.15, 0.2) is 7.14 Å². The quantitative estimate of drug-likeness (QED) is 0.135. The summed E-state index contributed by atoms with van der Waals surface area (Å²) >= 11 is 0. The Morgan fingerprint density at radius 1 is 0.392 bits per heavy atom. The Morgan fingerprint density at radius 3 is 1.67 bits per heavy atom. The summed E-state index contributed by atoms with van der Waals surface area (Å²) in [5, 5.41) is 8.29. The van der Waals surface area contributed by atoms with Crippen LogP contribution in [0, 0.1) is 0 Å². The summed E-state index contributed by atoms with van der Waals surface area (Å²) in [7, 11) is -3.04. The summed E-state index contributed by atoms with van der Waals surface area (Å²) < 4.78 is 17.2. The van der Waals surface area contributed by atoms with Gasteiger partial charge in [-0.1, -0.05) is 152 Å². The Morgan fingerprint density at radius 2 is 0.941 bits per heavy atom. The molecule has 0 radical (unpaired) electrons. The highest BCUT2D eigenvalue weighted by Crippen LogP contribution is 2.43. The normalized spacial score (nSPS) is 12.0. The molecular formula is C47H31N2OP. The third kappa shape index (κ3) is 4.74. The maximum Gasteiger partial charge on any atom is 0.171 e. The average Bonchev–Trinajstić information content (AvgIpc) is 3.61. The lowest BCUT2D eigenvalue weighted by molar-refractivity contribution is 0.592. The molecule has 0 spiro atoms. The summed E-state index contributed by atoms with van der Waals surface area (Å²) in [6, 6.07) is 65.1. The number of hydrogen-bond donors (Lipinski definition) is 0. The van der Waals surface area contributed by atoms with Crippen LogP contribution in [0.4, 0.5) is 0 Å². The molecule has 3 nitrogen and oxygen atoms in total. The van der Waals surface area contributed by atoms with Gasteiger partial charge in [0, 0.05) is 26.7 Å². The van der Waals surface area contributed by atoms with E-state index >= 15 is 0 Å². The van der Waals surface area contributed by atoms with Gasteiger partial charge in [0.25, 0.3) is 0 Å². The Labute approximate surface area is 295 Å². The lowest BCUT2D eigenvalue weighted by atomic mass is 9.96. The summed E-state index contributed by atoms with van der Waals surface area (Å²) in [6.07, 6.45) is 0. The predicted molar refractivity (Wildman–Crippen MR) is 215 cm³/mol. The van der Waals surface area contributed by atoms with Crippen molar-refractivity contribution in [2.75, 3.05) is 0 Å². The standard InChI is InChI=1S/C47H31N2OP/c50-51(38-11-3-1-4-12-38,39-13-5-2-6-14-39)40-27-25-35-29-34(23-24-36(35)30-40)32-19-21-33(22-20-32)37-26-28-45-43(31-37)41-15-7-8-16-42(41)47-48-44-17-9-10-18-46(44)49(45)47/h1-31H. The Balaban J connectivity index is 1.02. The number of aromatic nitrogens is 2. The molecule has 10 aromatic rings. The fourth-order valence-corrected chi connectivity index (χ4v) is 10.4. The second-order valence-electron chi connectivity index (χ2n) is 13.1. The molecule has 240 valence electrons. The molecule has 0 aliphatic heterocycles. The molecule has 4 heteroatoms. The van der Waals surface area contributed by atoms with Crippen LogP contribution >= 0.6 is 7.14 Å². The minimum absolute atomic E-state index is 0.842. The number of para-hydroxylation sites is 2. The van der Waals surface area contributed by atoms with Crippen LogP contribution < -0.4 is 15.9 Å². The second-order valence-corrected chi connectivity index (χ2v) is 15.9. The van der Waals surface area contributed by atoms with Gasteiger partial charge in [0.2, 0.25) is 0 Å². The Bertz CT molecular complexity index is 2940. The molecule has 2 heterocycles. The average molecular weight is 671 g/mol. The molecule has 8 aromatic carbocycles. The minimum Gasteiger partial charge on any atom is -0.309 e. The summed E-state index contributed by atoms with van der Waals surface area (Å²) in [6.45, 7) is 0. The van der Waals surface area contributed by atoms with E-state index in [0.717, 1.165) is 65.4 Å². The van der Waals surface area contributed by atoms with Crippen molar-refractivity contribution >= 4 is 72.2 Å². The smallest absolute Gasteiger partial charge is 0.171 e. The summed E-state index contributed by atoms with van der Waals surface area (Å²) in [5.41, 5.74) is 8.91. The number of hydrogen-bond acceptors (Lipinski definition) is 2. The molecule has 51 heavy (non-hydrogen) atoms. The van der Waals surface area contributed by atoms with Crippen molar-refractivity contribution in [2.24, 2.45) is 0 Å². The number of imidazole rings is 1. The molecule has 0 unspecified atom stereocenters. The maximum absolute atomic E-state index is 14.9. The number of pyridine rings is 1. The highest BCUT2D eigenvalue weighted by molar-refractivity contribution is 7.85.